The minimum Gasteiger partial charge on any atom is -0.457 e. The Morgan fingerprint density at radius 2 is 0.824 bits per heavy atom. The zero-order valence-corrected chi connectivity index (χ0v) is 9.34. The highest BCUT2D eigenvalue weighted by Gasteiger charge is 1.91. The zero-order valence-electron chi connectivity index (χ0n) is 9.34. The number of hydrogen-bond acceptors (Lipinski definition) is 1. The summed E-state index contributed by atoms with van der Waals surface area (Å²) in [6, 6.07) is 24.5. The summed E-state index contributed by atoms with van der Waals surface area (Å²) >= 11 is 0. The van der Waals surface area contributed by atoms with Gasteiger partial charge in [-0.15, -0.1) is 0 Å². The van der Waals surface area contributed by atoms with Gasteiger partial charge in [0.05, 0.1) is 0 Å². The lowest BCUT2D eigenvalue weighted by Crippen LogP contribution is -1.67. The molecule has 82 valence electrons. The molecule has 4 rings (SSSR count). The highest BCUT2D eigenvalue weighted by atomic mass is 16.3. The number of fused-ring (bicyclic) bond motifs is 3. The monoisotopic (exact) mass is 220 g/mol. The second-order valence-electron chi connectivity index (χ2n) is 3.92. The molecule has 0 saturated carbocycles. The van der Waals surface area contributed by atoms with E-state index >= 15 is 0 Å². The Morgan fingerprint density at radius 3 is 1.06 bits per heavy atom. The van der Waals surface area contributed by atoms with Crippen LogP contribution < -0.4 is 0 Å². The molecule has 0 radical (unpaired) electrons. The molecule has 0 spiro atoms. The number of furan rings is 2. The smallest absolute Gasteiger partial charge is 0.127 e. The molecule has 2 heterocycles. The quantitative estimate of drug-likeness (QED) is 0.418. The molecule has 2 aromatic carbocycles. The van der Waals surface area contributed by atoms with Crippen molar-refractivity contribution in [2.24, 2.45) is 0 Å². The van der Waals surface area contributed by atoms with E-state index in [9.17, 15) is 0 Å². The first kappa shape index (κ1) is 9.91. The first-order valence-corrected chi connectivity index (χ1v) is 5.63. The van der Waals surface area contributed by atoms with Crippen molar-refractivity contribution in [3.63, 3.8) is 0 Å². The molecular weight excluding hydrogens is 208 g/mol. The lowest BCUT2D eigenvalue weighted by molar-refractivity contribution is 0.675. The van der Waals surface area contributed by atoms with Gasteiger partial charge in [-0.2, -0.15) is 0 Å². The highest BCUT2D eigenvalue weighted by Crippen LogP contribution is 2.13. The standard InChI is InChI=1S/C10H8.C6H4O/c1-2-6-10-8-4-3-7-9(10)5-1;1-2-6-4-3-5(1)7-6/h1-8H;1-4H. The van der Waals surface area contributed by atoms with Gasteiger partial charge in [0.1, 0.15) is 11.2 Å². The molecule has 0 aliphatic heterocycles. The Hall–Kier alpha value is -2.28. The van der Waals surface area contributed by atoms with Crippen LogP contribution in [0.4, 0.5) is 0 Å². The third kappa shape index (κ3) is 2.13. The lowest BCUT2D eigenvalue weighted by atomic mass is 10.1. The molecule has 0 atom stereocenters. The molecule has 17 heavy (non-hydrogen) atoms. The molecule has 1 heteroatoms. The Kier molecular flexibility index (Phi) is 2.51. The Morgan fingerprint density at radius 1 is 0.471 bits per heavy atom. The summed E-state index contributed by atoms with van der Waals surface area (Å²) < 4.78 is 5.08. The van der Waals surface area contributed by atoms with Gasteiger partial charge < -0.3 is 4.42 Å². The molecule has 2 aromatic heterocycles. The van der Waals surface area contributed by atoms with Crippen molar-refractivity contribution < 1.29 is 4.42 Å². The van der Waals surface area contributed by atoms with Crippen LogP contribution in [0.15, 0.2) is 77.2 Å². The third-order valence-corrected chi connectivity index (χ3v) is 2.72. The van der Waals surface area contributed by atoms with E-state index in [4.69, 9.17) is 4.42 Å². The van der Waals surface area contributed by atoms with Gasteiger partial charge in [-0.25, -0.2) is 0 Å². The molecule has 1 nitrogen and oxygen atoms in total. The second-order valence-corrected chi connectivity index (χ2v) is 3.92. The summed E-state index contributed by atoms with van der Waals surface area (Å²) in [6.07, 6.45) is 0. The van der Waals surface area contributed by atoms with Gasteiger partial charge in [0.2, 0.25) is 0 Å². The molecule has 0 aliphatic carbocycles. The van der Waals surface area contributed by atoms with Gasteiger partial charge in [0.15, 0.2) is 0 Å². The van der Waals surface area contributed by atoms with E-state index in [0.29, 0.717) is 0 Å². The van der Waals surface area contributed by atoms with Crippen molar-refractivity contribution in [3.8, 4) is 0 Å². The van der Waals surface area contributed by atoms with Crippen LogP contribution in [-0.4, -0.2) is 0 Å². The number of rotatable bonds is 0. The van der Waals surface area contributed by atoms with E-state index in [1.807, 2.05) is 24.3 Å². The van der Waals surface area contributed by atoms with Gasteiger partial charge >= 0.3 is 0 Å². The van der Waals surface area contributed by atoms with Gasteiger partial charge in [-0.3, -0.25) is 0 Å². The highest BCUT2D eigenvalue weighted by molar-refractivity contribution is 5.82. The second kappa shape index (κ2) is 4.30. The summed E-state index contributed by atoms with van der Waals surface area (Å²) in [5.41, 5.74) is 1.94. The molecule has 0 unspecified atom stereocenters. The molecule has 4 aromatic rings. The van der Waals surface area contributed by atoms with Crippen molar-refractivity contribution in [1.82, 2.24) is 0 Å². The average molecular weight is 220 g/mol. The van der Waals surface area contributed by atoms with Crippen LogP contribution in [0.3, 0.4) is 0 Å². The first-order valence-electron chi connectivity index (χ1n) is 5.63. The predicted molar refractivity (Wildman–Crippen MR) is 71.3 cm³/mol. The normalized spacial score (nSPS) is 10.4. The molecule has 0 fully saturated rings. The summed E-state index contributed by atoms with van der Waals surface area (Å²) in [7, 11) is 0. The van der Waals surface area contributed by atoms with Crippen LogP contribution in [0.5, 0.6) is 0 Å². The average Bonchev–Trinajstić information content (AvgIpc) is 3.04. The van der Waals surface area contributed by atoms with Crippen molar-refractivity contribution >= 4 is 21.9 Å². The Bertz CT molecular complexity index is 598. The summed E-state index contributed by atoms with van der Waals surface area (Å²) in [6.45, 7) is 0. The molecule has 0 amide bonds. The molecule has 0 aliphatic rings. The molecule has 0 saturated heterocycles. The van der Waals surface area contributed by atoms with Crippen LogP contribution >= 0.6 is 0 Å². The lowest BCUT2D eigenvalue weighted by Gasteiger charge is -1.92. The van der Waals surface area contributed by atoms with Crippen LogP contribution in [0, 0.1) is 0 Å². The van der Waals surface area contributed by atoms with Crippen molar-refractivity contribution in [3.05, 3.63) is 72.8 Å². The van der Waals surface area contributed by atoms with Crippen LogP contribution in [0.1, 0.15) is 0 Å². The van der Waals surface area contributed by atoms with E-state index in [2.05, 4.69) is 48.5 Å². The minimum absolute atomic E-state index is 0.968. The summed E-state index contributed by atoms with van der Waals surface area (Å²) in [5, 5.41) is 2.62. The van der Waals surface area contributed by atoms with E-state index in [-0.39, 0.29) is 0 Å². The SMILES string of the molecule is c1cc2ccc1o2.c1ccc2ccccc2c1. The maximum atomic E-state index is 5.08. The zero-order chi connectivity index (χ0) is 11.5. The topological polar surface area (TPSA) is 13.1 Å². The number of hydrogen-bond donors (Lipinski definition) is 0. The molecule has 0 N–H and O–H groups in total. The van der Waals surface area contributed by atoms with Gasteiger partial charge in [-0.1, -0.05) is 48.5 Å². The predicted octanol–water partition coefficient (Wildman–Crippen LogP) is 4.71. The van der Waals surface area contributed by atoms with Crippen LogP contribution in [-0.2, 0) is 0 Å². The fourth-order valence-corrected chi connectivity index (χ4v) is 1.84. The van der Waals surface area contributed by atoms with Gasteiger partial charge in [0, 0.05) is 0 Å². The maximum absolute atomic E-state index is 5.08. The molecular formula is C16H12O. The van der Waals surface area contributed by atoms with Gasteiger partial charge in [-0.05, 0) is 35.0 Å². The Balaban J connectivity index is 0.000000113. The fourth-order valence-electron chi connectivity index (χ4n) is 1.84. The fraction of sp³-hybridized carbons (Fsp3) is 0. The van der Waals surface area contributed by atoms with E-state index in [0.717, 1.165) is 11.2 Å². The van der Waals surface area contributed by atoms with Gasteiger partial charge in [0.25, 0.3) is 0 Å². The van der Waals surface area contributed by atoms with E-state index in [1.165, 1.54) is 10.8 Å². The third-order valence-electron chi connectivity index (χ3n) is 2.72. The van der Waals surface area contributed by atoms with E-state index in [1.54, 1.807) is 0 Å². The van der Waals surface area contributed by atoms with Crippen molar-refractivity contribution in [2.75, 3.05) is 0 Å². The number of benzene rings is 3. The maximum Gasteiger partial charge on any atom is 0.127 e. The minimum atomic E-state index is 0.968. The van der Waals surface area contributed by atoms with E-state index < -0.39 is 0 Å². The Labute approximate surface area is 99.6 Å². The largest absolute Gasteiger partial charge is 0.457 e. The van der Waals surface area contributed by atoms with Crippen molar-refractivity contribution in [2.45, 2.75) is 0 Å². The first-order chi connectivity index (χ1) is 8.42. The van der Waals surface area contributed by atoms with Crippen molar-refractivity contribution in [1.29, 1.82) is 0 Å². The summed E-state index contributed by atoms with van der Waals surface area (Å²) in [5.74, 6) is 0. The molecule has 2 bridgehead atoms. The summed E-state index contributed by atoms with van der Waals surface area (Å²) in [4.78, 5) is 0. The van der Waals surface area contributed by atoms with Crippen LogP contribution in [0.25, 0.3) is 21.9 Å². The van der Waals surface area contributed by atoms with Crippen LogP contribution in [0.2, 0.25) is 0 Å².